The molecule has 3 nitrogen and oxygen atoms in total. The molecule has 3 rings (SSSR count). The second-order valence-corrected chi connectivity index (χ2v) is 7.82. The molecule has 2 heterocycles. The third-order valence-electron chi connectivity index (χ3n) is 5.58. The Hall–Kier alpha value is -1.05. The van der Waals surface area contributed by atoms with E-state index in [2.05, 4.69) is 0 Å². The van der Waals surface area contributed by atoms with E-state index in [4.69, 9.17) is 14.0 Å². The largest absolute Gasteiger partial charge is 0.495 e. The molecule has 0 spiro atoms. The predicted molar refractivity (Wildman–Crippen MR) is 90.0 cm³/mol. The Morgan fingerprint density at radius 3 is 2.08 bits per heavy atom. The first-order chi connectivity index (χ1) is 11.5. The maximum Gasteiger partial charge on any atom is 0.495 e. The van der Waals surface area contributed by atoms with Gasteiger partial charge in [-0.15, -0.1) is 0 Å². The molecule has 0 aliphatic carbocycles. The smallest absolute Gasteiger partial charge is 0.399 e. The summed E-state index contributed by atoms with van der Waals surface area (Å²) >= 11 is 0. The molecule has 0 unspecified atom stereocenters. The second-order valence-electron chi connectivity index (χ2n) is 7.82. The van der Waals surface area contributed by atoms with Crippen molar-refractivity contribution in [2.75, 3.05) is 13.2 Å². The quantitative estimate of drug-likeness (QED) is 0.753. The maximum atomic E-state index is 13.5. The molecule has 0 bridgehead atoms. The van der Waals surface area contributed by atoms with Gasteiger partial charge in [-0.25, -0.2) is 0 Å². The van der Waals surface area contributed by atoms with Gasteiger partial charge in [0.2, 0.25) is 0 Å². The van der Waals surface area contributed by atoms with E-state index in [0.717, 1.165) is 24.5 Å². The highest BCUT2D eigenvalue weighted by Crippen LogP contribution is 2.39. The summed E-state index contributed by atoms with van der Waals surface area (Å²) in [6.07, 6.45) is -2.82. The zero-order valence-electron chi connectivity index (χ0n) is 15.1. The van der Waals surface area contributed by atoms with E-state index >= 15 is 0 Å². The molecule has 2 aliphatic rings. The third-order valence-corrected chi connectivity index (χ3v) is 5.58. The van der Waals surface area contributed by atoms with E-state index in [-0.39, 0.29) is 11.4 Å². The van der Waals surface area contributed by atoms with Crippen molar-refractivity contribution in [2.24, 2.45) is 0 Å². The fourth-order valence-corrected chi connectivity index (χ4v) is 3.29. The van der Waals surface area contributed by atoms with Gasteiger partial charge >= 0.3 is 13.3 Å². The number of ether oxygens (including phenoxy) is 1. The first kappa shape index (κ1) is 18.7. The van der Waals surface area contributed by atoms with Crippen molar-refractivity contribution < 1.29 is 27.2 Å². The zero-order valence-corrected chi connectivity index (χ0v) is 15.1. The predicted octanol–water partition coefficient (Wildman–Crippen LogP) is 3.90. The Bertz CT molecular complexity index is 621. The van der Waals surface area contributed by atoms with Crippen molar-refractivity contribution >= 4 is 12.6 Å². The summed E-state index contributed by atoms with van der Waals surface area (Å²) in [7, 11) is -1.03. The van der Waals surface area contributed by atoms with E-state index in [0.29, 0.717) is 13.2 Å². The molecule has 0 N–H and O–H groups in total. The topological polar surface area (TPSA) is 27.7 Å². The molecule has 2 fully saturated rings. The van der Waals surface area contributed by atoms with Crippen LogP contribution in [-0.2, 0) is 20.2 Å². The molecule has 2 aliphatic heterocycles. The van der Waals surface area contributed by atoms with Gasteiger partial charge in [0.1, 0.15) is 0 Å². The highest BCUT2D eigenvalue weighted by Gasteiger charge is 2.53. The molecule has 0 atom stereocenters. The van der Waals surface area contributed by atoms with Crippen molar-refractivity contribution in [1.29, 1.82) is 0 Å². The maximum absolute atomic E-state index is 13.5. The van der Waals surface area contributed by atoms with Crippen LogP contribution in [0.25, 0.3) is 0 Å². The Balaban J connectivity index is 2.00. The van der Waals surface area contributed by atoms with Gasteiger partial charge in [-0.05, 0) is 57.5 Å². The standard InChI is InChI=1S/C18H24BF3O3/c1-16(2)17(3,4)25-19(24-16)15-11-13(12-7-9-23-10-8-12)5-6-14(15)18(20,21)22/h5-6,11-12H,7-10H2,1-4H3. The van der Waals surface area contributed by atoms with Crippen LogP contribution in [0, 0.1) is 0 Å². The van der Waals surface area contributed by atoms with E-state index < -0.39 is 30.1 Å². The highest BCUT2D eigenvalue weighted by molar-refractivity contribution is 6.62. The molecular weight excluding hydrogens is 332 g/mol. The summed E-state index contributed by atoms with van der Waals surface area (Å²) in [5.74, 6) is 0.206. The van der Waals surface area contributed by atoms with Crippen molar-refractivity contribution in [3.05, 3.63) is 29.3 Å². The molecule has 138 valence electrons. The summed E-state index contributed by atoms with van der Waals surface area (Å²) in [5.41, 5.74) is -1.11. The van der Waals surface area contributed by atoms with Gasteiger partial charge in [0.25, 0.3) is 0 Å². The Morgan fingerprint density at radius 2 is 1.56 bits per heavy atom. The van der Waals surface area contributed by atoms with Gasteiger partial charge in [0.15, 0.2) is 0 Å². The lowest BCUT2D eigenvalue weighted by atomic mass is 9.73. The van der Waals surface area contributed by atoms with Crippen LogP contribution in [0.15, 0.2) is 18.2 Å². The Kier molecular flexibility index (Phi) is 4.71. The lowest BCUT2D eigenvalue weighted by Crippen LogP contribution is -2.41. The highest BCUT2D eigenvalue weighted by atomic mass is 19.4. The van der Waals surface area contributed by atoms with Crippen molar-refractivity contribution in [3.8, 4) is 0 Å². The summed E-state index contributed by atoms with van der Waals surface area (Å²) in [6, 6.07) is 4.35. The summed E-state index contributed by atoms with van der Waals surface area (Å²) in [5, 5.41) is 0. The van der Waals surface area contributed by atoms with E-state index in [1.54, 1.807) is 12.1 Å². The molecule has 25 heavy (non-hydrogen) atoms. The molecular formula is C18H24BF3O3. The zero-order chi connectivity index (χ0) is 18.5. The van der Waals surface area contributed by atoms with Gasteiger partial charge in [-0.2, -0.15) is 13.2 Å². The molecule has 7 heteroatoms. The normalized spacial score (nSPS) is 23.9. The van der Waals surface area contributed by atoms with Crippen molar-refractivity contribution in [1.82, 2.24) is 0 Å². The molecule has 1 aromatic carbocycles. The minimum atomic E-state index is -4.45. The number of alkyl halides is 3. The number of rotatable bonds is 2. The monoisotopic (exact) mass is 356 g/mol. The van der Waals surface area contributed by atoms with Crippen LogP contribution in [0.3, 0.4) is 0 Å². The van der Waals surface area contributed by atoms with Crippen LogP contribution in [0.4, 0.5) is 13.2 Å². The van der Waals surface area contributed by atoms with E-state index in [1.165, 1.54) is 0 Å². The van der Waals surface area contributed by atoms with Crippen LogP contribution in [-0.4, -0.2) is 31.5 Å². The van der Waals surface area contributed by atoms with Crippen LogP contribution in [0.2, 0.25) is 0 Å². The summed E-state index contributed by atoms with van der Waals surface area (Å²) in [4.78, 5) is 0. The minimum Gasteiger partial charge on any atom is -0.399 e. The number of benzene rings is 1. The minimum absolute atomic E-state index is 0.0649. The molecule has 0 saturated carbocycles. The number of halogens is 3. The molecule has 0 amide bonds. The van der Waals surface area contributed by atoms with Crippen LogP contribution >= 0.6 is 0 Å². The summed E-state index contributed by atoms with van der Waals surface area (Å²) in [6.45, 7) is 8.62. The molecule has 0 aromatic heterocycles. The van der Waals surface area contributed by atoms with Gasteiger partial charge in [-0.3, -0.25) is 0 Å². The lowest BCUT2D eigenvalue weighted by molar-refractivity contribution is -0.136. The van der Waals surface area contributed by atoms with Gasteiger partial charge < -0.3 is 14.0 Å². The van der Waals surface area contributed by atoms with Crippen LogP contribution < -0.4 is 5.46 Å². The van der Waals surface area contributed by atoms with Gasteiger partial charge in [-0.1, -0.05) is 18.2 Å². The Labute approximate surface area is 147 Å². The SMILES string of the molecule is CC1(C)OB(c2cc(C3CCOCC3)ccc2C(F)(F)F)OC1(C)C. The third kappa shape index (κ3) is 3.59. The molecule has 1 aromatic rings. The average Bonchev–Trinajstić information content (AvgIpc) is 2.75. The van der Waals surface area contributed by atoms with Crippen molar-refractivity contribution in [3.63, 3.8) is 0 Å². The average molecular weight is 356 g/mol. The summed E-state index contributed by atoms with van der Waals surface area (Å²) < 4.78 is 57.7. The molecule has 2 saturated heterocycles. The number of hydrogen-bond acceptors (Lipinski definition) is 3. The van der Waals surface area contributed by atoms with E-state index in [1.807, 2.05) is 27.7 Å². The second kappa shape index (κ2) is 6.29. The van der Waals surface area contributed by atoms with Gasteiger partial charge in [0, 0.05) is 13.2 Å². The van der Waals surface area contributed by atoms with Crippen molar-refractivity contribution in [2.45, 2.75) is 63.8 Å². The lowest BCUT2D eigenvalue weighted by Gasteiger charge is -2.32. The van der Waals surface area contributed by atoms with Gasteiger partial charge in [0.05, 0.1) is 16.8 Å². The van der Waals surface area contributed by atoms with Crippen LogP contribution in [0.5, 0.6) is 0 Å². The Morgan fingerprint density at radius 1 is 1.00 bits per heavy atom. The fourth-order valence-electron chi connectivity index (χ4n) is 3.29. The van der Waals surface area contributed by atoms with Crippen LogP contribution in [0.1, 0.15) is 57.6 Å². The number of hydrogen-bond donors (Lipinski definition) is 0. The first-order valence-corrected chi connectivity index (χ1v) is 8.66. The molecule has 0 radical (unpaired) electrons. The first-order valence-electron chi connectivity index (χ1n) is 8.66. The fraction of sp³-hybridized carbons (Fsp3) is 0.667. The van der Waals surface area contributed by atoms with E-state index in [9.17, 15) is 13.2 Å².